The summed E-state index contributed by atoms with van der Waals surface area (Å²) in [6, 6.07) is 2.23. The van der Waals surface area contributed by atoms with Crippen molar-refractivity contribution >= 4 is 16.7 Å². The number of alkyl halides is 3. The lowest BCUT2D eigenvalue weighted by molar-refractivity contribution is -0.0609. The lowest BCUT2D eigenvalue weighted by atomic mass is 10.1. The minimum atomic E-state index is -4.86. The molecule has 1 aromatic heterocycles. The predicted molar refractivity (Wildman–Crippen MR) is 60.0 cm³/mol. The van der Waals surface area contributed by atoms with E-state index in [0.29, 0.717) is 5.56 Å². The summed E-state index contributed by atoms with van der Waals surface area (Å²) in [4.78, 5) is 0. The quantitative estimate of drug-likeness (QED) is 0.371. The molecule has 0 aliphatic carbocycles. The monoisotopic (exact) mass is 275 g/mol. The van der Waals surface area contributed by atoms with Gasteiger partial charge in [0.2, 0.25) is 5.71 Å². The van der Waals surface area contributed by atoms with Crippen LogP contribution in [0.5, 0.6) is 0 Å². The molecule has 0 unspecified atom stereocenters. The van der Waals surface area contributed by atoms with Gasteiger partial charge in [-0.05, 0) is 31.5 Å². The zero-order valence-electron chi connectivity index (χ0n) is 9.97. The Hall–Kier alpha value is -2.05. The van der Waals surface area contributed by atoms with Crippen LogP contribution in [0.1, 0.15) is 16.9 Å². The van der Waals surface area contributed by atoms with E-state index in [2.05, 4.69) is 5.16 Å². The van der Waals surface area contributed by atoms with Crippen LogP contribution in [-0.4, -0.2) is 17.1 Å². The van der Waals surface area contributed by atoms with Crippen molar-refractivity contribution in [3.05, 3.63) is 34.8 Å². The minimum absolute atomic E-state index is 0.0720. The molecule has 0 bridgehead atoms. The molecule has 1 heterocycles. The molecule has 0 amide bonds. The molecule has 0 aliphatic rings. The molecule has 1 N–H and O–H groups in total. The maximum Gasteiger partial charge on any atom is 0.440 e. The first-order valence-electron chi connectivity index (χ1n) is 5.24. The van der Waals surface area contributed by atoms with Gasteiger partial charge in [0, 0.05) is 10.9 Å². The third-order valence-corrected chi connectivity index (χ3v) is 2.77. The van der Waals surface area contributed by atoms with E-state index in [1.54, 1.807) is 0 Å². The van der Waals surface area contributed by atoms with Gasteiger partial charge in [0.1, 0.15) is 11.4 Å². The zero-order valence-corrected chi connectivity index (χ0v) is 9.97. The Labute approximate surface area is 105 Å². The Balaban J connectivity index is 2.77. The largest absolute Gasteiger partial charge is 0.454 e. The Bertz CT molecular complexity index is 670. The zero-order chi connectivity index (χ0) is 14.4. The summed E-state index contributed by atoms with van der Waals surface area (Å²) < 4.78 is 56.4. The van der Waals surface area contributed by atoms with Crippen molar-refractivity contribution in [2.75, 3.05) is 0 Å². The molecule has 2 rings (SSSR count). The van der Waals surface area contributed by atoms with Crippen LogP contribution in [0.15, 0.2) is 21.7 Å². The first-order valence-corrected chi connectivity index (χ1v) is 5.24. The molecule has 0 atom stereocenters. The number of furan rings is 1. The van der Waals surface area contributed by atoms with Gasteiger partial charge in [0.15, 0.2) is 5.76 Å². The van der Waals surface area contributed by atoms with Crippen LogP contribution in [-0.2, 0) is 0 Å². The second-order valence-electron chi connectivity index (χ2n) is 4.10. The molecule has 0 saturated carbocycles. The number of hydrogen-bond donors (Lipinski definition) is 1. The summed E-state index contributed by atoms with van der Waals surface area (Å²) in [5, 5.41) is 11.0. The minimum Gasteiger partial charge on any atom is -0.454 e. The first-order chi connectivity index (χ1) is 8.75. The van der Waals surface area contributed by atoms with Crippen molar-refractivity contribution < 1.29 is 27.2 Å². The van der Waals surface area contributed by atoms with Crippen LogP contribution >= 0.6 is 0 Å². The Morgan fingerprint density at radius 1 is 1.26 bits per heavy atom. The van der Waals surface area contributed by atoms with Gasteiger partial charge in [-0.3, -0.25) is 0 Å². The highest BCUT2D eigenvalue weighted by molar-refractivity contribution is 6.06. The third kappa shape index (κ3) is 2.16. The number of hydrogen-bond acceptors (Lipinski definition) is 3. The van der Waals surface area contributed by atoms with Crippen LogP contribution < -0.4 is 0 Å². The van der Waals surface area contributed by atoms with Crippen LogP contribution in [0, 0.1) is 19.7 Å². The summed E-state index contributed by atoms with van der Waals surface area (Å²) in [5.74, 6) is -1.19. The molecular weight excluding hydrogens is 266 g/mol. The van der Waals surface area contributed by atoms with E-state index in [0.717, 1.165) is 12.1 Å². The van der Waals surface area contributed by atoms with E-state index in [1.165, 1.54) is 13.8 Å². The van der Waals surface area contributed by atoms with Crippen LogP contribution in [0.2, 0.25) is 0 Å². The molecule has 7 heteroatoms. The van der Waals surface area contributed by atoms with E-state index >= 15 is 0 Å². The van der Waals surface area contributed by atoms with Crippen LogP contribution in [0.25, 0.3) is 11.0 Å². The van der Waals surface area contributed by atoms with Crippen LogP contribution in [0.3, 0.4) is 0 Å². The average Bonchev–Trinajstić information content (AvgIpc) is 2.57. The fraction of sp³-hybridized carbons (Fsp3) is 0.250. The van der Waals surface area contributed by atoms with Gasteiger partial charge < -0.3 is 9.62 Å². The fourth-order valence-electron chi connectivity index (χ4n) is 1.90. The van der Waals surface area contributed by atoms with Gasteiger partial charge in [-0.1, -0.05) is 5.16 Å². The lowest BCUT2D eigenvalue weighted by Gasteiger charge is -2.06. The summed E-state index contributed by atoms with van der Waals surface area (Å²) >= 11 is 0. The highest BCUT2D eigenvalue weighted by atomic mass is 19.4. The number of benzene rings is 1. The first kappa shape index (κ1) is 13.4. The van der Waals surface area contributed by atoms with Gasteiger partial charge in [0.25, 0.3) is 0 Å². The number of fused-ring (bicyclic) bond motifs is 1. The topological polar surface area (TPSA) is 45.7 Å². The SMILES string of the molecule is Cc1c(C(=NO)C(F)(F)F)oc2c(C)cc(F)cc12. The van der Waals surface area contributed by atoms with Crippen LogP contribution in [0.4, 0.5) is 17.6 Å². The highest BCUT2D eigenvalue weighted by Crippen LogP contribution is 2.33. The van der Waals surface area contributed by atoms with Crippen molar-refractivity contribution in [3.63, 3.8) is 0 Å². The molecule has 0 spiro atoms. The number of halogens is 4. The molecule has 0 radical (unpaired) electrons. The van der Waals surface area contributed by atoms with Crippen molar-refractivity contribution in [2.24, 2.45) is 5.16 Å². The molecular formula is C12H9F4NO2. The van der Waals surface area contributed by atoms with Gasteiger partial charge in [-0.15, -0.1) is 0 Å². The van der Waals surface area contributed by atoms with Crippen molar-refractivity contribution in [3.8, 4) is 0 Å². The van der Waals surface area contributed by atoms with Gasteiger partial charge in [-0.2, -0.15) is 13.2 Å². The molecule has 0 saturated heterocycles. The Morgan fingerprint density at radius 2 is 1.89 bits per heavy atom. The molecule has 102 valence electrons. The van der Waals surface area contributed by atoms with Gasteiger partial charge >= 0.3 is 6.18 Å². The third-order valence-electron chi connectivity index (χ3n) is 2.77. The molecule has 0 fully saturated rings. The molecule has 0 aliphatic heterocycles. The van der Waals surface area contributed by atoms with E-state index in [-0.39, 0.29) is 16.5 Å². The number of aryl methyl sites for hydroxylation is 2. The summed E-state index contributed by atoms with van der Waals surface area (Å²) in [7, 11) is 0. The summed E-state index contributed by atoms with van der Waals surface area (Å²) in [6.07, 6.45) is -4.86. The van der Waals surface area contributed by atoms with Gasteiger partial charge in [-0.25, -0.2) is 4.39 Å². The maximum atomic E-state index is 13.3. The maximum absolute atomic E-state index is 13.3. The summed E-state index contributed by atoms with van der Waals surface area (Å²) in [5.41, 5.74) is -0.966. The van der Waals surface area contributed by atoms with Gasteiger partial charge in [0.05, 0.1) is 0 Å². The Kier molecular flexibility index (Phi) is 3.00. The van der Waals surface area contributed by atoms with E-state index in [4.69, 9.17) is 9.62 Å². The molecule has 2 aromatic rings. The second-order valence-corrected chi connectivity index (χ2v) is 4.10. The highest BCUT2D eigenvalue weighted by Gasteiger charge is 2.41. The predicted octanol–water partition coefficient (Wildman–Crippen LogP) is 3.93. The Morgan fingerprint density at radius 3 is 2.42 bits per heavy atom. The molecule has 1 aromatic carbocycles. The lowest BCUT2D eigenvalue weighted by Crippen LogP contribution is -2.24. The number of oxime groups is 1. The van der Waals surface area contributed by atoms with E-state index in [9.17, 15) is 17.6 Å². The van der Waals surface area contributed by atoms with Crippen molar-refractivity contribution in [1.29, 1.82) is 0 Å². The average molecular weight is 275 g/mol. The number of rotatable bonds is 1. The van der Waals surface area contributed by atoms with E-state index in [1.807, 2.05) is 0 Å². The normalized spacial score (nSPS) is 13.3. The second kappa shape index (κ2) is 4.25. The molecule has 3 nitrogen and oxygen atoms in total. The fourth-order valence-corrected chi connectivity index (χ4v) is 1.90. The smallest absolute Gasteiger partial charge is 0.440 e. The summed E-state index contributed by atoms with van der Waals surface area (Å²) in [6.45, 7) is 2.86. The standard InChI is InChI=1S/C12H9F4NO2/c1-5-3-7(13)4-8-6(2)10(19-9(5)8)11(17-18)12(14,15)16/h3-4,18H,1-2H3. The van der Waals surface area contributed by atoms with Crippen molar-refractivity contribution in [1.82, 2.24) is 0 Å². The number of nitrogens with zero attached hydrogens (tertiary/aromatic N) is 1. The van der Waals surface area contributed by atoms with E-state index < -0.39 is 23.5 Å². The van der Waals surface area contributed by atoms with Crippen molar-refractivity contribution in [2.45, 2.75) is 20.0 Å². The molecule has 19 heavy (non-hydrogen) atoms.